The van der Waals surface area contributed by atoms with Gasteiger partial charge >= 0.3 is 0 Å². The van der Waals surface area contributed by atoms with Gasteiger partial charge in [-0.25, -0.2) is 0 Å². The van der Waals surface area contributed by atoms with Gasteiger partial charge in [0, 0.05) is 22.5 Å². The number of hydrogen-bond acceptors (Lipinski definition) is 2. The van der Waals surface area contributed by atoms with Crippen LogP contribution in [0.5, 0.6) is 0 Å². The predicted octanol–water partition coefficient (Wildman–Crippen LogP) is 4.26. The van der Waals surface area contributed by atoms with Gasteiger partial charge in [-0.05, 0) is 29.8 Å². The molecule has 1 amide bonds. The number of aromatic nitrogens is 1. The van der Waals surface area contributed by atoms with Gasteiger partial charge in [-0.15, -0.1) is 11.3 Å². The molecule has 0 spiro atoms. The number of nitrogens with zero attached hydrogens (tertiary/aromatic N) is 2. The van der Waals surface area contributed by atoms with Gasteiger partial charge in [-0.3, -0.25) is 4.79 Å². The van der Waals surface area contributed by atoms with Crippen LogP contribution in [-0.2, 0) is 7.05 Å². The van der Waals surface area contributed by atoms with Gasteiger partial charge in [0.1, 0.15) is 0 Å². The van der Waals surface area contributed by atoms with E-state index in [0.29, 0.717) is 10.4 Å². The Morgan fingerprint density at radius 3 is 2.45 bits per heavy atom. The molecule has 1 aromatic heterocycles. The molecule has 110 valence electrons. The number of benzene rings is 2. The molecule has 0 aliphatic carbocycles. The Morgan fingerprint density at radius 2 is 1.77 bits per heavy atom. The Balaban J connectivity index is 1.97. The quantitative estimate of drug-likeness (QED) is 0.661. The van der Waals surface area contributed by atoms with Gasteiger partial charge in [0.25, 0.3) is 5.91 Å². The Hall–Kier alpha value is -1.98. The van der Waals surface area contributed by atoms with Crippen LogP contribution in [0.2, 0.25) is 0 Å². The summed E-state index contributed by atoms with van der Waals surface area (Å²) in [6, 6.07) is 17.3. The van der Waals surface area contributed by atoms with Gasteiger partial charge in [-0.2, -0.15) is 4.99 Å². The number of rotatable bonds is 2. The molecule has 0 saturated heterocycles. The van der Waals surface area contributed by atoms with Crippen molar-refractivity contribution in [3.8, 4) is 11.3 Å². The molecule has 0 N–H and O–H groups in total. The fourth-order valence-corrected chi connectivity index (χ4v) is 3.25. The SMILES string of the molecule is Cn1c(-c2ccccc2)cs/c1=N/C(=O)c1ccc(Br)cc1. The third-order valence-corrected chi connectivity index (χ3v) is 4.73. The lowest BCUT2D eigenvalue weighted by atomic mass is 10.2. The molecule has 0 unspecified atom stereocenters. The highest BCUT2D eigenvalue weighted by molar-refractivity contribution is 9.10. The second-order valence-corrected chi connectivity index (χ2v) is 6.50. The summed E-state index contributed by atoms with van der Waals surface area (Å²) in [5.74, 6) is -0.232. The highest BCUT2D eigenvalue weighted by atomic mass is 79.9. The number of thiazole rings is 1. The normalized spacial score (nSPS) is 11.6. The molecule has 0 bridgehead atoms. The molecule has 5 heteroatoms. The van der Waals surface area contributed by atoms with Crippen molar-refractivity contribution in [3.05, 3.63) is 74.8 Å². The molecule has 0 aliphatic heterocycles. The zero-order valence-corrected chi connectivity index (χ0v) is 14.3. The summed E-state index contributed by atoms with van der Waals surface area (Å²) in [6.45, 7) is 0. The topological polar surface area (TPSA) is 34.4 Å². The lowest BCUT2D eigenvalue weighted by Gasteiger charge is -2.02. The van der Waals surface area contributed by atoms with Crippen molar-refractivity contribution in [3.63, 3.8) is 0 Å². The van der Waals surface area contributed by atoms with Crippen molar-refractivity contribution in [1.29, 1.82) is 0 Å². The average Bonchev–Trinajstić information content (AvgIpc) is 2.90. The lowest BCUT2D eigenvalue weighted by Crippen LogP contribution is -2.14. The molecule has 0 atom stereocenters. The molecule has 3 rings (SSSR count). The predicted molar refractivity (Wildman–Crippen MR) is 92.8 cm³/mol. The van der Waals surface area contributed by atoms with Crippen LogP contribution in [0.15, 0.2) is 69.4 Å². The molecule has 1 heterocycles. The summed E-state index contributed by atoms with van der Waals surface area (Å²) in [6.07, 6.45) is 0. The number of amides is 1. The van der Waals surface area contributed by atoms with Gasteiger partial charge in [0.2, 0.25) is 0 Å². The molecule has 2 aromatic carbocycles. The highest BCUT2D eigenvalue weighted by Gasteiger charge is 2.07. The van der Waals surface area contributed by atoms with Crippen LogP contribution in [0.1, 0.15) is 10.4 Å². The van der Waals surface area contributed by atoms with Crippen LogP contribution in [0.4, 0.5) is 0 Å². The zero-order chi connectivity index (χ0) is 15.5. The van der Waals surface area contributed by atoms with E-state index >= 15 is 0 Å². The maximum atomic E-state index is 12.2. The van der Waals surface area contributed by atoms with Gasteiger partial charge in [0.15, 0.2) is 4.80 Å². The Morgan fingerprint density at radius 1 is 1.09 bits per heavy atom. The van der Waals surface area contributed by atoms with E-state index in [1.807, 2.05) is 59.5 Å². The van der Waals surface area contributed by atoms with Crippen molar-refractivity contribution < 1.29 is 4.79 Å². The maximum absolute atomic E-state index is 12.2. The van der Waals surface area contributed by atoms with Gasteiger partial charge < -0.3 is 4.57 Å². The van der Waals surface area contributed by atoms with E-state index in [1.54, 1.807) is 12.1 Å². The van der Waals surface area contributed by atoms with Gasteiger partial charge in [0.05, 0.1) is 5.69 Å². The molecular weight excluding hydrogens is 360 g/mol. The molecule has 0 fully saturated rings. The number of hydrogen-bond donors (Lipinski definition) is 0. The smallest absolute Gasteiger partial charge is 0.279 e. The highest BCUT2D eigenvalue weighted by Crippen LogP contribution is 2.18. The first-order valence-corrected chi connectivity index (χ1v) is 8.37. The fourth-order valence-electron chi connectivity index (χ4n) is 2.09. The third-order valence-electron chi connectivity index (χ3n) is 3.28. The van der Waals surface area contributed by atoms with Crippen LogP contribution in [0.25, 0.3) is 11.3 Å². The summed E-state index contributed by atoms with van der Waals surface area (Å²) < 4.78 is 2.88. The Kier molecular flexibility index (Phi) is 4.36. The van der Waals surface area contributed by atoms with Crippen LogP contribution in [0.3, 0.4) is 0 Å². The van der Waals surface area contributed by atoms with Crippen LogP contribution >= 0.6 is 27.3 Å². The van der Waals surface area contributed by atoms with Crippen molar-refractivity contribution in [2.24, 2.45) is 12.0 Å². The largest absolute Gasteiger partial charge is 0.319 e. The second-order valence-electron chi connectivity index (χ2n) is 4.75. The zero-order valence-electron chi connectivity index (χ0n) is 11.9. The average molecular weight is 373 g/mol. The van der Waals surface area contributed by atoms with E-state index in [4.69, 9.17) is 0 Å². The maximum Gasteiger partial charge on any atom is 0.279 e. The van der Waals surface area contributed by atoms with Crippen LogP contribution < -0.4 is 4.80 Å². The van der Waals surface area contributed by atoms with Crippen LogP contribution in [0, 0.1) is 0 Å². The number of carbonyl (C=O) groups is 1. The molecule has 22 heavy (non-hydrogen) atoms. The monoisotopic (exact) mass is 372 g/mol. The van der Waals surface area contributed by atoms with E-state index in [2.05, 4.69) is 20.9 Å². The summed E-state index contributed by atoms with van der Waals surface area (Å²) in [4.78, 5) is 17.2. The standard InChI is InChI=1S/C17H13BrN2OS/c1-20-15(12-5-3-2-4-6-12)11-22-17(20)19-16(21)13-7-9-14(18)10-8-13/h2-11H,1H3/b19-17+. The van der Waals surface area contributed by atoms with Crippen LogP contribution in [-0.4, -0.2) is 10.5 Å². The summed E-state index contributed by atoms with van der Waals surface area (Å²) in [5.41, 5.74) is 2.74. The molecular formula is C17H13BrN2OS. The van der Waals surface area contributed by atoms with Crippen molar-refractivity contribution in [1.82, 2.24) is 4.57 Å². The third kappa shape index (κ3) is 3.10. The minimum Gasteiger partial charge on any atom is -0.319 e. The van der Waals surface area contributed by atoms with Crippen molar-refractivity contribution in [2.45, 2.75) is 0 Å². The number of carbonyl (C=O) groups excluding carboxylic acids is 1. The first-order valence-electron chi connectivity index (χ1n) is 6.70. The van der Waals surface area contributed by atoms with E-state index in [9.17, 15) is 4.79 Å². The molecule has 3 nitrogen and oxygen atoms in total. The molecule has 0 saturated carbocycles. The first-order chi connectivity index (χ1) is 10.6. The number of halogens is 1. The van der Waals surface area contributed by atoms with Crippen molar-refractivity contribution >= 4 is 33.2 Å². The fraction of sp³-hybridized carbons (Fsp3) is 0.0588. The molecule has 3 aromatic rings. The first kappa shape index (κ1) is 14.9. The summed E-state index contributed by atoms with van der Waals surface area (Å²) >= 11 is 4.82. The lowest BCUT2D eigenvalue weighted by molar-refractivity contribution is 0.0998. The Labute approximate surface area is 140 Å². The molecule has 0 radical (unpaired) electrons. The summed E-state index contributed by atoms with van der Waals surface area (Å²) in [7, 11) is 1.92. The Bertz CT molecular complexity index is 864. The summed E-state index contributed by atoms with van der Waals surface area (Å²) in [5, 5.41) is 2.02. The van der Waals surface area contributed by atoms with E-state index in [0.717, 1.165) is 15.7 Å². The minimum atomic E-state index is -0.232. The van der Waals surface area contributed by atoms with E-state index in [1.165, 1.54) is 11.3 Å². The molecule has 0 aliphatic rings. The van der Waals surface area contributed by atoms with Gasteiger partial charge in [-0.1, -0.05) is 46.3 Å². The van der Waals surface area contributed by atoms with E-state index < -0.39 is 0 Å². The van der Waals surface area contributed by atoms with Crippen molar-refractivity contribution in [2.75, 3.05) is 0 Å². The van der Waals surface area contributed by atoms with E-state index in [-0.39, 0.29) is 5.91 Å². The minimum absolute atomic E-state index is 0.232. The second kappa shape index (κ2) is 6.42.